The molecule has 0 aromatic heterocycles. The number of benzene rings is 2. The van der Waals surface area contributed by atoms with Gasteiger partial charge in [-0.1, -0.05) is 29.8 Å². The molecule has 0 radical (unpaired) electrons. The lowest BCUT2D eigenvalue weighted by atomic mass is 10.0. The molecule has 0 aliphatic rings. The van der Waals surface area contributed by atoms with Gasteiger partial charge in [0.25, 0.3) is 0 Å². The maximum atomic E-state index is 11.7. The molecule has 0 amide bonds. The monoisotopic (exact) mass is 376 g/mol. The Balaban J connectivity index is 2.07. The maximum Gasteiger partial charge on any atom is 0.339 e. The zero-order chi connectivity index (χ0) is 18.6. The molecule has 0 aliphatic heterocycles. The van der Waals surface area contributed by atoms with Gasteiger partial charge in [-0.3, -0.25) is 0 Å². The van der Waals surface area contributed by atoms with Crippen LogP contribution in [0.15, 0.2) is 36.4 Å². The predicted octanol–water partition coefficient (Wildman–Crippen LogP) is 4.79. The van der Waals surface area contributed by atoms with Crippen molar-refractivity contribution in [3.8, 4) is 0 Å². The van der Waals surface area contributed by atoms with Crippen LogP contribution >= 0.6 is 23.8 Å². The summed E-state index contributed by atoms with van der Waals surface area (Å²) in [5.41, 5.74) is 4.60. The quantitative estimate of drug-likeness (QED) is 0.593. The third kappa shape index (κ3) is 4.94. The van der Waals surface area contributed by atoms with E-state index in [2.05, 4.69) is 42.7 Å². The van der Waals surface area contributed by atoms with Gasteiger partial charge in [0.2, 0.25) is 0 Å². The van der Waals surface area contributed by atoms with Crippen LogP contribution in [0.3, 0.4) is 0 Å². The lowest BCUT2D eigenvalue weighted by Crippen LogP contribution is -2.31. The molecular formula is C19H21ClN2O2S. The van der Waals surface area contributed by atoms with E-state index in [0.717, 1.165) is 5.56 Å². The molecule has 132 valence electrons. The van der Waals surface area contributed by atoms with Gasteiger partial charge >= 0.3 is 5.97 Å². The number of carbonyl (C=O) groups is 1. The number of hydrogen-bond acceptors (Lipinski definition) is 3. The predicted molar refractivity (Wildman–Crippen MR) is 106 cm³/mol. The van der Waals surface area contributed by atoms with Gasteiger partial charge in [-0.05, 0) is 67.9 Å². The van der Waals surface area contributed by atoms with E-state index in [1.165, 1.54) is 18.2 Å². The van der Waals surface area contributed by atoms with Crippen molar-refractivity contribution in [2.45, 2.75) is 26.8 Å². The van der Waals surface area contributed by atoms with E-state index in [9.17, 15) is 4.79 Å². The van der Waals surface area contributed by atoms with Gasteiger partial charge < -0.3 is 15.4 Å². The van der Waals surface area contributed by atoms with Gasteiger partial charge in [-0.2, -0.15) is 0 Å². The SMILES string of the molecule is COC(=O)c1cc(NC(=S)N[C@H](C)c2ccc(C)c(C)c2)ccc1Cl. The van der Waals surface area contributed by atoms with Crippen LogP contribution in [0.5, 0.6) is 0 Å². The smallest absolute Gasteiger partial charge is 0.339 e. The third-order valence-electron chi connectivity index (χ3n) is 4.01. The number of esters is 1. The van der Waals surface area contributed by atoms with E-state index in [4.69, 9.17) is 28.6 Å². The van der Waals surface area contributed by atoms with Crippen molar-refractivity contribution >= 4 is 40.6 Å². The fourth-order valence-electron chi connectivity index (χ4n) is 2.35. The van der Waals surface area contributed by atoms with Gasteiger partial charge in [-0.15, -0.1) is 0 Å². The Kier molecular flexibility index (Phi) is 6.39. The number of carbonyl (C=O) groups excluding carboxylic acids is 1. The number of rotatable bonds is 4. The Morgan fingerprint density at radius 2 is 1.88 bits per heavy atom. The number of nitrogens with one attached hydrogen (secondary N) is 2. The Morgan fingerprint density at radius 1 is 1.16 bits per heavy atom. The highest BCUT2D eigenvalue weighted by molar-refractivity contribution is 7.80. The second kappa shape index (κ2) is 8.32. The number of halogens is 1. The first kappa shape index (κ1) is 19.2. The maximum absolute atomic E-state index is 11.7. The Morgan fingerprint density at radius 3 is 2.52 bits per heavy atom. The topological polar surface area (TPSA) is 50.4 Å². The number of methoxy groups -OCH3 is 1. The minimum Gasteiger partial charge on any atom is -0.465 e. The molecule has 6 heteroatoms. The number of thiocarbonyl (C=S) groups is 1. The van der Waals surface area contributed by atoms with Crippen molar-refractivity contribution < 1.29 is 9.53 Å². The molecule has 0 bridgehead atoms. The number of hydrogen-bond donors (Lipinski definition) is 2. The van der Waals surface area contributed by atoms with Crippen molar-refractivity contribution in [2.75, 3.05) is 12.4 Å². The average molecular weight is 377 g/mol. The first-order valence-corrected chi connectivity index (χ1v) is 8.63. The molecule has 2 aromatic carbocycles. The summed E-state index contributed by atoms with van der Waals surface area (Å²) in [6, 6.07) is 11.4. The zero-order valence-electron chi connectivity index (χ0n) is 14.6. The lowest BCUT2D eigenvalue weighted by molar-refractivity contribution is 0.0601. The Labute approximate surface area is 158 Å². The summed E-state index contributed by atoms with van der Waals surface area (Å²) in [4.78, 5) is 11.7. The van der Waals surface area contributed by atoms with Crippen LogP contribution in [0.25, 0.3) is 0 Å². The van der Waals surface area contributed by atoms with E-state index < -0.39 is 5.97 Å². The molecule has 2 N–H and O–H groups in total. The normalized spacial score (nSPS) is 11.6. The summed E-state index contributed by atoms with van der Waals surface area (Å²) in [6.07, 6.45) is 0. The molecule has 4 nitrogen and oxygen atoms in total. The van der Waals surface area contributed by atoms with Crippen LogP contribution in [0.1, 0.15) is 40.0 Å². The van der Waals surface area contributed by atoms with E-state index in [1.54, 1.807) is 18.2 Å². The molecule has 0 unspecified atom stereocenters. The molecule has 25 heavy (non-hydrogen) atoms. The Bertz CT molecular complexity index is 808. The van der Waals surface area contributed by atoms with Crippen LogP contribution in [-0.2, 0) is 4.74 Å². The van der Waals surface area contributed by atoms with Crippen LogP contribution in [0.4, 0.5) is 5.69 Å². The minimum absolute atomic E-state index is 0.0478. The standard InChI is InChI=1S/C19H21ClN2O2S/c1-11-5-6-14(9-12(11)2)13(3)21-19(25)22-15-7-8-17(20)16(10-15)18(23)24-4/h5-10,13H,1-4H3,(H2,21,22,25)/t13-/m1/s1. The van der Waals surface area contributed by atoms with Gasteiger partial charge in [-0.25, -0.2) is 4.79 Å². The van der Waals surface area contributed by atoms with Gasteiger partial charge in [0, 0.05) is 5.69 Å². The average Bonchev–Trinajstić information content (AvgIpc) is 2.58. The fourth-order valence-corrected chi connectivity index (χ4v) is 2.84. The lowest BCUT2D eigenvalue weighted by Gasteiger charge is -2.18. The molecular weight excluding hydrogens is 356 g/mol. The number of aryl methyl sites for hydroxylation is 2. The summed E-state index contributed by atoms with van der Waals surface area (Å²) < 4.78 is 4.72. The highest BCUT2D eigenvalue weighted by Crippen LogP contribution is 2.22. The van der Waals surface area contributed by atoms with Gasteiger partial charge in [0.1, 0.15) is 0 Å². The van der Waals surface area contributed by atoms with E-state index in [0.29, 0.717) is 21.4 Å². The second-order valence-electron chi connectivity index (χ2n) is 5.85. The molecule has 0 spiro atoms. The molecule has 0 aliphatic carbocycles. The fraction of sp³-hybridized carbons (Fsp3) is 0.263. The molecule has 0 fully saturated rings. The number of ether oxygens (including phenoxy) is 1. The van der Waals surface area contributed by atoms with E-state index in [-0.39, 0.29) is 6.04 Å². The largest absolute Gasteiger partial charge is 0.465 e. The third-order valence-corrected chi connectivity index (χ3v) is 4.56. The molecule has 1 atom stereocenters. The highest BCUT2D eigenvalue weighted by Gasteiger charge is 2.13. The molecule has 0 saturated heterocycles. The second-order valence-corrected chi connectivity index (χ2v) is 6.67. The molecule has 0 saturated carbocycles. The van der Waals surface area contributed by atoms with Crippen LogP contribution in [0.2, 0.25) is 5.02 Å². The summed E-state index contributed by atoms with van der Waals surface area (Å²) >= 11 is 11.4. The summed E-state index contributed by atoms with van der Waals surface area (Å²) in [7, 11) is 1.32. The van der Waals surface area contributed by atoms with Crippen LogP contribution in [-0.4, -0.2) is 18.2 Å². The summed E-state index contributed by atoms with van der Waals surface area (Å²) in [5.74, 6) is -0.490. The van der Waals surface area contributed by atoms with Crippen LogP contribution < -0.4 is 10.6 Å². The van der Waals surface area contributed by atoms with Crippen molar-refractivity contribution in [1.29, 1.82) is 0 Å². The highest BCUT2D eigenvalue weighted by atomic mass is 35.5. The first-order chi connectivity index (χ1) is 11.8. The van der Waals surface area contributed by atoms with Gasteiger partial charge in [0.15, 0.2) is 5.11 Å². The summed E-state index contributed by atoms with van der Waals surface area (Å²) in [6.45, 7) is 6.22. The van der Waals surface area contributed by atoms with Gasteiger partial charge in [0.05, 0.1) is 23.7 Å². The van der Waals surface area contributed by atoms with Crippen molar-refractivity contribution in [2.24, 2.45) is 0 Å². The number of anilines is 1. The first-order valence-electron chi connectivity index (χ1n) is 7.84. The van der Waals surface area contributed by atoms with Crippen LogP contribution in [0, 0.1) is 13.8 Å². The zero-order valence-corrected chi connectivity index (χ0v) is 16.2. The van der Waals surface area contributed by atoms with E-state index in [1.807, 2.05) is 6.92 Å². The van der Waals surface area contributed by atoms with E-state index >= 15 is 0 Å². The molecule has 0 heterocycles. The van der Waals surface area contributed by atoms with Crippen molar-refractivity contribution in [1.82, 2.24) is 5.32 Å². The van der Waals surface area contributed by atoms with Crippen molar-refractivity contribution in [3.63, 3.8) is 0 Å². The molecule has 2 rings (SSSR count). The van der Waals surface area contributed by atoms with Crippen molar-refractivity contribution in [3.05, 3.63) is 63.7 Å². The molecule has 2 aromatic rings. The summed E-state index contributed by atoms with van der Waals surface area (Å²) in [5, 5.41) is 7.10. The Hall–Kier alpha value is -2.11. The minimum atomic E-state index is -0.490.